The van der Waals surface area contributed by atoms with Crippen LogP contribution in [0.15, 0.2) is 52.5 Å². The molecule has 1 heterocycles. The van der Waals surface area contributed by atoms with Gasteiger partial charge in [0, 0.05) is 23.5 Å². The van der Waals surface area contributed by atoms with Crippen LogP contribution in [0.2, 0.25) is 0 Å². The summed E-state index contributed by atoms with van der Waals surface area (Å²) in [5.41, 5.74) is 5.12. The fourth-order valence-corrected chi connectivity index (χ4v) is 4.87. The Morgan fingerprint density at radius 2 is 1.84 bits per heavy atom. The van der Waals surface area contributed by atoms with Crippen LogP contribution in [0.1, 0.15) is 41.2 Å². The summed E-state index contributed by atoms with van der Waals surface area (Å²) in [5, 5.41) is 15.6. The van der Waals surface area contributed by atoms with Gasteiger partial charge in [0.25, 0.3) is 15.7 Å². The van der Waals surface area contributed by atoms with E-state index in [-0.39, 0.29) is 22.9 Å². The number of hydrazone groups is 1. The van der Waals surface area contributed by atoms with Gasteiger partial charge in [0.05, 0.1) is 41.3 Å². The number of nitrogens with zero attached hydrogens (tertiary/aromatic N) is 2. The summed E-state index contributed by atoms with van der Waals surface area (Å²) >= 11 is 0. The number of aryl methyl sites for hydroxylation is 1. The molecule has 2 aromatic carbocycles. The third kappa shape index (κ3) is 6.06. The van der Waals surface area contributed by atoms with Crippen LogP contribution in [-0.4, -0.2) is 43.7 Å². The molecule has 0 saturated heterocycles. The highest BCUT2D eigenvalue weighted by atomic mass is 32.2. The van der Waals surface area contributed by atoms with Crippen molar-refractivity contribution in [2.75, 3.05) is 23.9 Å². The molecule has 12 nitrogen and oxygen atoms in total. The van der Waals surface area contributed by atoms with E-state index in [0.29, 0.717) is 34.0 Å². The maximum Gasteiger partial charge on any atom is 0.340 e. The Hall–Kier alpha value is -4.39. The number of carbonyl (C=O) groups is 1. The summed E-state index contributed by atoms with van der Waals surface area (Å²) < 4.78 is 39.0. The first-order valence-electron chi connectivity index (χ1n) is 11.1. The molecule has 13 heteroatoms. The average Bonchev–Trinajstić information content (AvgIpc) is 3.16. The van der Waals surface area contributed by atoms with Gasteiger partial charge in [0.1, 0.15) is 10.6 Å². The molecule has 0 radical (unpaired) electrons. The number of carbonyl (C=O) groups excluding carboxylic acids is 1. The number of non-ortho nitro benzene ring substituents is 1. The highest BCUT2D eigenvalue weighted by Crippen LogP contribution is 2.29. The fraction of sp³-hybridized carbons (Fsp3) is 0.250. The number of benzene rings is 2. The lowest BCUT2D eigenvalue weighted by molar-refractivity contribution is -0.385. The number of hydrogen-bond donors (Lipinski definition) is 3. The van der Waals surface area contributed by atoms with Gasteiger partial charge >= 0.3 is 5.97 Å². The number of nitro benzene ring substituents is 1. The number of aromatic amines is 1. The van der Waals surface area contributed by atoms with Gasteiger partial charge in [0.15, 0.2) is 0 Å². The minimum Gasteiger partial charge on any atom is -0.497 e. The summed E-state index contributed by atoms with van der Waals surface area (Å²) in [6.45, 7) is 7.08. The molecule has 0 unspecified atom stereocenters. The number of hydrogen-bond acceptors (Lipinski definition) is 9. The SMILES string of the molecule is CCOC(=O)c1c(C)[nH]c(C(C)=NNc2ccc([N+](=O)[O-])cc2S(=O)(=O)Nc2ccc(OC)cc2)c1C. The second-order valence-electron chi connectivity index (χ2n) is 7.93. The third-order valence-corrected chi connectivity index (χ3v) is 6.85. The maximum atomic E-state index is 13.2. The lowest BCUT2D eigenvalue weighted by Crippen LogP contribution is -2.15. The number of aromatic nitrogens is 1. The van der Waals surface area contributed by atoms with Crippen molar-refractivity contribution in [1.29, 1.82) is 0 Å². The monoisotopic (exact) mass is 529 g/mol. The van der Waals surface area contributed by atoms with Crippen molar-refractivity contribution < 1.29 is 27.6 Å². The van der Waals surface area contributed by atoms with Crippen molar-refractivity contribution in [2.24, 2.45) is 5.10 Å². The van der Waals surface area contributed by atoms with E-state index in [1.807, 2.05) is 0 Å². The molecule has 3 aromatic rings. The van der Waals surface area contributed by atoms with Crippen molar-refractivity contribution in [1.82, 2.24) is 4.98 Å². The van der Waals surface area contributed by atoms with Crippen molar-refractivity contribution in [3.63, 3.8) is 0 Å². The predicted molar refractivity (Wildman–Crippen MR) is 139 cm³/mol. The van der Waals surface area contributed by atoms with Gasteiger partial charge < -0.3 is 14.5 Å². The van der Waals surface area contributed by atoms with E-state index < -0.39 is 26.6 Å². The molecule has 37 heavy (non-hydrogen) atoms. The van der Waals surface area contributed by atoms with Gasteiger partial charge in [-0.25, -0.2) is 13.2 Å². The molecule has 0 spiro atoms. The summed E-state index contributed by atoms with van der Waals surface area (Å²) in [6, 6.07) is 9.52. The van der Waals surface area contributed by atoms with Crippen LogP contribution in [0.25, 0.3) is 0 Å². The largest absolute Gasteiger partial charge is 0.497 e. The number of ether oxygens (including phenoxy) is 2. The maximum absolute atomic E-state index is 13.2. The van der Waals surface area contributed by atoms with Gasteiger partial charge in [-0.15, -0.1) is 0 Å². The topological polar surface area (TPSA) is 165 Å². The Bertz CT molecular complexity index is 1460. The molecule has 196 valence electrons. The number of sulfonamides is 1. The molecule has 3 rings (SSSR count). The fourth-order valence-electron chi connectivity index (χ4n) is 3.63. The third-order valence-electron chi connectivity index (χ3n) is 5.43. The summed E-state index contributed by atoms with van der Waals surface area (Å²) in [4.78, 5) is 25.7. The number of anilines is 2. The lowest BCUT2D eigenvalue weighted by atomic mass is 10.1. The van der Waals surface area contributed by atoms with Gasteiger partial charge in [-0.2, -0.15) is 5.10 Å². The van der Waals surface area contributed by atoms with E-state index in [1.54, 1.807) is 39.8 Å². The number of esters is 1. The average molecular weight is 530 g/mol. The van der Waals surface area contributed by atoms with Gasteiger partial charge in [0.2, 0.25) is 0 Å². The van der Waals surface area contributed by atoms with Gasteiger partial charge in [-0.3, -0.25) is 20.3 Å². The standard InChI is InChI=1S/C24H27N5O7S/c1-6-36-24(30)22-14(2)23(25-15(22)3)16(4)26-27-20-12-9-18(29(31)32)13-21(20)37(33,34)28-17-7-10-19(35-5)11-8-17/h7-13,25,27-28H,6H2,1-5H3. The van der Waals surface area contributed by atoms with E-state index >= 15 is 0 Å². The van der Waals surface area contributed by atoms with Gasteiger partial charge in [-0.1, -0.05) is 0 Å². The first-order chi connectivity index (χ1) is 17.5. The number of nitro groups is 1. The van der Waals surface area contributed by atoms with Crippen molar-refractivity contribution in [3.05, 3.63) is 75.1 Å². The molecule has 0 aliphatic rings. The van der Waals surface area contributed by atoms with Crippen LogP contribution in [0.4, 0.5) is 17.1 Å². The van der Waals surface area contributed by atoms with Crippen molar-refractivity contribution >= 4 is 38.8 Å². The highest BCUT2D eigenvalue weighted by molar-refractivity contribution is 7.92. The van der Waals surface area contributed by atoms with Crippen LogP contribution in [0.5, 0.6) is 5.75 Å². The van der Waals surface area contributed by atoms with Crippen LogP contribution in [-0.2, 0) is 14.8 Å². The number of rotatable bonds is 10. The molecule has 0 amide bonds. The second-order valence-corrected chi connectivity index (χ2v) is 9.58. The molecular weight excluding hydrogens is 502 g/mol. The highest BCUT2D eigenvalue weighted by Gasteiger charge is 2.24. The molecule has 0 atom stereocenters. The first kappa shape index (κ1) is 27.2. The normalized spacial score (nSPS) is 11.6. The second kappa shape index (κ2) is 11.1. The van der Waals surface area contributed by atoms with Crippen LogP contribution in [0.3, 0.4) is 0 Å². The lowest BCUT2D eigenvalue weighted by Gasteiger charge is -2.13. The summed E-state index contributed by atoms with van der Waals surface area (Å²) in [7, 11) is -2.77. The number of nitrogens with one attached hydrogen (secondary N) is 3. The van der Waals surface area contributed by atoms with Crippen molar-refractivity contribution in [3.8, 4) is 5.75 Å². The minimum absolute atomic E-state index is 0.0116. The smallest absolute Gasteiger partial charge is 0.340 e. The Balaban J connectivity index is 1.97. The van der Waals surface area contributed by atoms with E-state index in [0.717, 1.165) is 6.07 Å². The zero-order valence-corrected chi connectivity index (χ0v) is 21.7. The summed E-state index contributed by atoms with van der Waals surface area (Å²) in [5.74, 6) is 0.0699. The predicted octanol–water partition coefficient (Wildman–Crippen LogP) is 4.36. The number of H-pyrrole nitrogens is 1. The molecule has 0 aliphatic carbocycles. The Labute approximate surface area is 213 Å². The Morgan fingerprint density at radius 1 is 1.16 bits per heavy atom. The van der Waals surface area contributed by atoms with Crippen LogP contribution in [0, 0.1) is 24.0 Å². The molecular formula is C24H27N5O7S. The van der Waals surface area contributed by atoms with E-state index in [1.165, 1.54) is 31.4 Å². The Kier molecular flexibility index (Phi) is 8.17. The van der Waals surface area contributed by atoms with E-state index in [9.17, 15) is 23.3 Å². The van der Waals surface area contributed by atoms with E-state index in [4.69, 9.17) is 9.47 Å². The Morgan fingerprint density at radius 3 is 2.43 bits per heavy atom. The zero-order chi connectivity index (χ0) is 27.3. The van der Waals surface area contributed by atoms with Gasteiger partial charge in [-0.05, 0) is 63.6 Å². The van der Waals surface area contributed by atoms with Crippen LogP contribution >= 0.6 is 0 Å². The molecule has 0 aliphatic heterocycles. The minimum atomic E-state index is -4.26. The number of methoxy groups -OCH3 is 1. The molecule has 0 bridgehead atoms. The quantitative estimate of drug-likeness (QED) is 0.151. The van der Waals surface area contributed by atoms with E-state index in [2.05, 4.69) is 20.2 Å². The summed E-state index contributed by atoms with van der Waals surface area (Å²) in [6.07, 6.45) is 0. The van der Waals surface area contributed by atoms with Crippen molar-refractivity contribution in [2.45, 2.75) is 32.6 Å². The zero-order valence-electron chi connectivity index (χ0n) is 20.9. The van der Waals surface area contributed by atoms with Crippen LogP contribution < -0.4 is 14.9 Å². The molecule has 1 aromatic heterocycles. The molecule has 0 fully saturated rings. The molecule has 0 saturated carbocycles. The molecule has 3 N–H and O–H groups in total. The first-order valence-corrected chi connectivity index (χ1v) is 12.6.